The minimum Gasteiger partial charge on any atom is -0.361 e. The highest BCUT2D eigenvalue weighted by Crippen LogP contribution is 2.44. The largest absolute Gasteiger partial charge is 0.361 e. The molecule has 3 heterocycles. The van der Waals surface area contributed by atoms with Crippen LogP contribution in [0.5, 0.6) is 0 Å². The first-order valence-electron chi connectivity index (χ1n) is 14.0. The Morgan fingerprint density at radius 3 is 1.89 bits per heavy atom. The number of nitrogens with zero attached hydrogens (tertiary/aromatic N) is 2. The van der Waals surface area contributed by atoms with Crippen LogP contribution in [-0.4, -0.2) is 9.13 Å². The summed E-state index contributed by atoms with van der Waals surface area (Å²) in [5.41, 5.74) is 7.73. The Balaban J connectivity index is 1.45. The molecule has 1 unspecified atom stereocenters. The van der Waals surface area contributed by atoms with E-state index in [4.69, 9.17) is 0 Å². The molecular formula is C35H31N3. The normalized spacial score (nSPS) is 18.4. The van der Waals surface area contributed by atoms with Crippen molar-refractivity contribution < 1.29 is 0 Å². The maximum absolute atomic E-state index is 3.88. The van der Waals surface area contributed by atoms with Crippen molar-refractivity contribution in [1.82, 2.24) is 14.5 Å². The van der Waals surface area contributed by atoms with Crippen LogP contribution in [0.3, 0.4) is 0 Å². The molecular weight excluding hydrogens is 462 g/mol. The smallest absolute Gasteiger partial charge is 0.123 e. The Morgan fingerprint density at radius 2 is 1.18 bits per heavy atom. The van der Waals surface area contributed by atoms with Gasteiger partial charge in [-0.3, -0.25) is 0 Å². The van der Waals surface area contributed by atoms with Crippen molar-refractivity contribution in [2.75, 3.05) is 0 Å². The molecule has 0 saturated heterocycles. The minimum absolute atomic E-state index is 0.0148. The number of hydrogen-bond donors (Lipinski definition) is 1. The molecule has 1 atom stereocenters. The Hall–Kier alpha value is -4.24. The first kappa shape index (κ1) is 21.8. The van der Waals surface area contributed by atoms with Crippen LogP contribution < -0.4 is 5.32 Å². The lowest BCUT2D eigenvalue weighted by molar-refractivity contribution is 0.367. The lowest BCUT2D eigenvalue weighted by Crippen LogP contribution is -2.26. The van der Waals surface area contributed by atoms with Crippen LogP contribution in [0, 0.1) is 0 Å². The highest BCUT2D eigenvalue weighted by molar-refractivity contribution is 6.22. The van der Waals surface area contributed by atoms with Crippen molar-refractivity contribution in [1.29, 1.82) is 0 Å². The Labute approximate surface area is 222 Å². The molecule has 1 saturated carbocycles. The third-order valence-corrected chi connectivity index (χ3v) is 8.70. The van der Waals surface area contributed by atoms with Crippen LogP contribution >= 0.6 is 0 Å². The van der Waals surface area contributed by atoms with E-state index in [1.54, 1.807) is 0 Å². The van der Waals surface area contributed by atoms with Crippen molar-refractivity contribution in [3.63, 3.8) is 0 Å². The Morgan fingerprint density at radius 1 is 0.579 bits per heavy atom. The topological polar surface area (TPSA) is 21.9 Å². The number of para-hydroxylation sites is 2. The summed E-state index contributed by atoms with van der Waals surface area (Å²) in [7, 11) is 0. The van der Waals surface area contributed by atoms with Crippen LogP contribution in [0.4, 0.5) is 0 Å². The molecule has 1 aliphatic carbocycles. The van der Waals surface area contributed by atoms with E-state index in [-0.39, 0.29) is 6.17 Å². The number of fused-ring (bicyclic) bond motifs is 7. The van der Waals surface area contributed by atoms with Crippen molar-refractivity contribution in [2.24, 2.45) is 0 Å². The summed E-state index contributed by atoms with van der Waals surface area (Å²) >= 11 is 0. The molecule has 186 valence electrons. The van der Waals surface area contributed by atoms with Gasteiger partial charge in [-0.25, -0.2) is 0 Å². The average molecular weight is 494 g/mol. The predicted octanol–water partition coefficient (Wildman–Crippen LogP) is 9.11. The lowest BCUT2D eigenvalue weighted by atomic mass is 9.95. The molecule has 1 fully saturated rings. The second kappa shape index (κ2) is 8.66. The fourth-order valence-electron chi connectivity index (χ4n) is 7.03. The molecule has 1 aliphatic heterocycles. The van der Waals surface area contributed by atoms with E-state index in [0.29, 0.717) is 6.04 Å². The first-order chi connectivity index (χ1) is 18.9. The summed E-state index contributed by atoms with van der Waals surface area (Å²) in [5.74, 6) is 0. The zero-order valence-electron chi connectivity index (χ0n) is 21.5. The van der Waals surface area contributed by atoms with Crippen LogP contribution in [0.15, 0.2) is 109 Å². The fraction of sp³-hybridized carbons (Fsp3) is 0.200. The molecule has 0 bridgehead atoms. The number of dihydropyridines is 1. The van der Waals surface area contributed by atoms with E-state index >= 15 is 0 Å². The summed E-state index contributed by atoms with van der Waals surface area (Å²) in [4.78, 5) is 0. The zero-order chi connectivity index (χ0) is 25.1. The minimum atomic E-state index is 0.0148. The maximum atomic E-state index is 3.88. The van der Waals surface area contributed by atoms with Crippen molar-refractivity contribution >= 4 is 49.3 Å². The van der Waals surface area contributed by atoms with E-state index in [9.17, 15) is 0 Å². The second-order valence-corrected chi connectivity index (χ2v) is 10.8. The number of hydrogen-bond acceptors (Lipinski definition) is 1. The van der Waals surface area contributed by atoms with E-state index < -0.39 is 0 Å². The van der Waals surface area contributed by atoms with Gasteiger partial charge < -0.3 is 14.5 Å². The van der Waals surface area contributed by atoms with Crippen LogP contribution in [0.25, 0.3) is 49.3 Å². The summed E-state index contributed by atoms with van der Waals surface area (Å²) in [5, 5.41) is 9.26. The van der Waals surface area contributed by atoms with Gasteiger partial charge in [-0.15, -0.1) is 0 Å². The maximum Gasteiger partial charge on any atom is 0.123 e. The molecule has 0 amide bonds. The van der Waals surface area contributed by atoms with Gasteiger partial charge in [0.2, 0.25) is 0 Å². The quantitative estimate of drug-likeness (QED) is 0.261. The molecule has 0 radical (unpaired) electrons. The molecule has 3 heteroatoms. The molecule has 3 nitrogen and oxygen atoms in total. The van der Waals surface area contributed by atoms with Gasteiger partial charge in [0.25, 0.3) is 0 Å². The van der Waals surface area contributed by atoms with Crippen molar-refractivity contribution in [3.05, 3.63) is 115 Å². The fourth-order valence-corrected chi connectivity index (χ4v) is 7.03. The highest BCUT2D eigenvalue weighted by atomic mass is 15.2. The highest BCUT2D eigenvalue weighted by Gasteiger charge is 2.26. The molecule has 1 N–H and O–H groups in total. The van der Waals surface area contributed by atoms with E-state index in [0.717, 1.165) is 5.70 Å². The molecule has 38 heavy (non-hydrogen) atoms. The van der Waals surface area contributed by atoms with Gasteiger partial charge in [-0.1, -0.05) is 104 Å². The van der Waals surface area contributed by atoms with Gasteiger partial charge in [0, 0.05) is 38.8 Å². The summed E-state index contributed by atoms with van der Waals surface area (Å²) in [6.07, 6.45) is 13.2. The van der Waals surface area contributed by atoms with Gasteiger partial charge in [0.1, 0.15) is 6.17 Å². The van der Waals surface area contributed by atoms with Crippen LogP contribution in [0.2, 0.25) is 0 Å². The summed E-state index contributed by atoms with van der Waals surface area (Å²) < 4.78 is 5.26. The lowest BCUT2D eigenvalue weighted by Gasteiger charge is -2.28. The van der Waals surface area contributed by atoms with E-state index in [1.165, 1.54) is 81.3 Å². The van der Waals surface area contributed by atoms with Gasteiger partial charge >= 0.3 is 0 Å². The second-order valence-electron chi connectivity index (χ2n) is 10.8. The SMILES string of the molecule is C1=CC(n2c3ccccc3c3ccc4c5ccccc5n(C5CCCCC5)c4c32)NC(c2ccccc2)=C1. The molecule has 4 aromatic carbocycles. The van der Waals surface area contributed by atoms with E-state index in [2.05, 4.69) is 124 Å². The number of benzene rings is 4. The first-order valence-corrected chi connectivity index (χ1v) is 14.0. The summed E-state index contributed by atoms with van der Waals surface area (Å²) in [6.45, 7) is 0. The molecule has 2 aliphatic rings. The van der Waals surface area contributed by atoms with E-state index in [1.807, 2.05) is 0 Å². The van der Waals surface area contributed by atoms with Gasteiger partial charge in [0.05, 0.1) is 16.6 Å². The standard InChI is InChI=1S/C35H31N3/c1-3-12-24(13-4-1)30-18-11-21-33(36-30)38-32-20-10-8-17-27(32)29-23-22-28-26-16-7-9-19-31(26)37(34(28)35(29)38)25-14-5-2-6-15-25/h1,3-4,7-13,16-23,25,33,36H,2,5-6,14-15H2. The Bertz CT molecular complexity index is 1880. The Kier molecular flexibility index (Phi) is 4.97. The molecule has 8 rings (SSSR count). The molecule has 2 aromatic heterocycles. The van der Waals surface area contributed by atoms with Gasteiger partial charge in [-0.2, -0.15) is 0 Å². The zero-order valence-corrected chi connectivity index (χ0v) is 21.5. The monoisotopic (exact) mass is 493 g/mol. The van der Waals surface area contributed by atoms with Crippen molar-refractivity contribution in [2.45, 2.75) is 44.3 Å². The average Bonchev–Trinajstić information content (AvgIpc) is 3.51. The van der Waals surface area contributed by atoms with Gasteiger partial charge in [-0.05, 0) is 42.7 Å². The molecule has 6 aromatic rings. The molecule has 0 spiro atoms. The third kappa shape index (κ3) is 3.21. The van der Waals surface area contributed by atoms with Gasteiger partial charge in [0.15, 0.2) is 0 Å². The van der Waals surface area contributed by atoms with Crippen LogP contribution in [0.1, 0.15) is 49.9 Å². The predicted molar refractivity (Wildman–Crippen MR) is 160 cm³/mol. The summed E-state index contributed by atoms with van der Waals surface area (Å²) in [6, 6.07) is 33.9. The van der Waals surface area contributed by atoms with Crippen molar-refractivity contribution in [3.8, 4) is 0 Å². The number of rotatable bonds is 3. The number of aromatic nitrogens is 2. The van der Waals surface area contributed by atoms with Crippen LogP contribution in [-0.2, 0) is 0 Å². The number of nitrogens with one attached hydrogen (secondary N) is 1. The third-order valence-electron chi connectivity index (χ3n) is 8.70. The number of allylic oxidation sites excluding steroid dienone is 2.